The summed E-state index contributed by atoms with van der Waals surface area (Å²) in [6.07, 6.45) is 3.46. The van der Waals surface area contributed by atoms with Gasteiger partial charge in [0.05, 0.1) is 49.8 Å². The number of hydrogen-bond acceptors (Lipinski definition) is 18. The predicted octanol–water partition coefficient (Wildman–Crippen LogP) is 6.81. The van der Waals surface area contributed by atoms with Crippen molar-refractivity contribution in [3.05, 3.63) is 0 Å². The second kappa shape index (κ2) is 23.5. The lowest BCUT2D eigenvalue weighted by molar-refractivity contribution is 0.0269. The third-order valence-electron chi connectivity index (χ3n) is 9.48. The van der Waals surface area contributed by atoms with Gasteiger partial charge in [-0.25, -0.2) is 0 Å². The van der Waals surface area contributed by atoms with Gasteiger partial charge < -0.3 is 77.2 Å². The SMILES string of the molecule is CC(C)O[Si]1(C)OC[Si](C)(C)O[Si]2(OC[Si](C)(C)O[Si](C)(OC(C)C)O[Si](C)(C)CO2)O[Si](C)(C)CO1.C[SiH]1OC[Si](C)(C)O[Si]2(OC[Si](C)(C)O[SiH](C)O[Si](C)(C)CO2)O[Si](C)(C)CO1. The maximum Gasteiger partial charge on any atom is 0.658 e. The molecule has 32 heteroatoms. The highest BCUT2D eigenvalue weighted by Crippen LogP contribution is 2.33. The summed E-state index contributed by atoms with van der Waals surface area (Å²) >= 11 is 0. The predicted molar refractivity (Wildman–Crippen MR) is 289 cm³/mol. The Morgan fingerprint density at radius 3 is 0.894 bits per heavy atom. The summed E-state index contributed by atoms with van der Waals surface area (Å²) in [4.78, 5) is 0. The second-order valence-corrected chi connectivity index (χ2v) is 71.3. The van der Waals surface area contributed by atoms with Gasteiger partial charge in [0.15, 0.2) is 16.6 Å². The maximum atomic E-state index is 6.86. The van der Waals surface area contributed by atoms with E-state index in [0.717, 1.165) is 0 Å². The molecule has 0 aromatic carbocycles. The van der Waals surface area contributed by atoms with E-state index in [1.807, 2.05) is 40.8 Å². The quantitative estimate of drug-likeness (QED) is 0.269. The second-order valence-electron chi connectivity index (χ2n) is 23.5. The van der Waals surface area contributed by atoms with Crippen LogP contribution in [-0.4, -0.2) is 183 Å². The van der Waals surface area contributed by atoms with Crippen LogP contribution in [0, 0.1) is 0 Å². The van der Waals surface area contributed by atoms with E-state index in [0.29, 0.717) is 49.8 Å². The van der Waals surface area contributed by atoms with Crippen molar-refractivity contribution in [1.82, 2.24) is 0 Å². The molecule has 4 saturated heterocycles. The van der Waals surface area contributed by atoms with Crippen molar-refractivity contribution in [2.45, 2.75) is 171 Å². The summed E-state index contributed by atoms with van der Waals surface area (Å²) in [5.41, 5.74) is 0. The molecule has 4 aliphatic rings. The molecule has 2 spiro atoms. The van der Waals surface area contributed by atoms with E-state index in [-0.39, 0.29) is 12.2 Å². The van der Waals surface area contributed by atoms with Crippen LogP contribution in [0.1, 0.15) is 27.7 Å². The Kier molecular flexibility index (Phi) is 22.3. The van der Waals surface area contributed by atoms with E-state index in [1.165, 1.54) is 0 Å². The normalized spacial score (nSPS) is 37.5. The lowest BCUT2D eigenvalue weighted by Gasteiger charge is -2.46. The minimum absolute atomic E-state index is 0.00466. The fourth-order valence-corrected chi connectivity index (χ4v) is 60.3. The van der Waals surface area contributed by atoms with Gasteiger partial charge in [-0.1, -0.05) is 0 Å². The first-order chi connectivity index (χ1) is 29.5. The molecule has 4 rings (SSSR count). The highest BCUT2D eigenvalue weighted by Gasteiger charge is 2.60. The zero-order chi connectivity index (χ0) is 50.7. The molecular formula is C34H92O18Si14. The van der Waals surface area contributed by atoms with Gasteiger partial charge in [0.25, 0.3) is 9.28 Å². The van der Waals surface area contributed by atoms with Gasteiger partial charge in [-0.05, 0) is 146 Å². The first-order valence-corrected chi connectivity index (χ1v) is 60.3. The zero-order valence-electron chi connectivity index (χ0n) is 45.3. The Labute approximate surface area is 416 Å². The van der Waals surface area contributed by atoms with Gasteiger partial charge in [0, 0.05) is 25.3 Å². The lowest BCUT2D eigenvalue weighted by Crippen LogP contribution is -2.69. The van der Waals surface area contributed by atoms with Crippen molar-refractivity contribution in [3.8, 4) is 0 Å². The van der Waals surface area contributed by atoms with E-state index in [9.17, 15) is 0 Å². The molecular weight excluding hydrogens is 1090 g/mol. The minimum atomic E-state index is -3.63. The molecule has 0 aromatic rings. The lowest BCUT2D eigenvalue weighted by atomic mass is 10.5. The highest BCUT2D eigenvalue weighted by molar-refractivity contribution is 6.90. The number of hydrogen-bond donors (Lipinski definition) is 0. The highest BCUT2D eigenvalue weighted by atomic mass is 28.5. The molecule has 4 aliphatic heterocycles. The molecule has 0 bridgehead atoms. The van der Waals surface area contributed by atoms with Crippen LogP contribution in [0.4, 0.5) is 0 Å². The average molecular weight is 1180 g/mol. The van der Waals surface area contributed by atoms with E-state index < -0.39 is 121 Å². The molecule has 392 valence electrons. The fourth-order valence-electron chi connectivity index (χ4n) is 7.26. The molecule has 0 unspecified atom stereocenters. The molecule has 0 aromatic heterocycles. The van der Waals surface area contributed by atoms with Gasteiger partial charge in [0.2, 0.25) is 49.9 Å². The van der Waals surface area contributed by atoms with Crippen LogP contribution in [0.5, 0.6) is 0 Å². The maximum absolute atomic E-state index is 6.86. The summed E-state index contributed by atoms with van der Waals surface area (Å²) in [6.45, 7) is 50.0. The van der Waals surface area contributed by atoms with Crippen molar-refractivity contribution in [2.24, 2.45) is 0 Å². The smallest absolute Gasteiger partial charge is 0.437 e. The first-order valence-electron chi connectivity index (χ1n) is 23.5. The van der Waals surface area contributed by atoms with Crippen LogP contribution in [-0.2, 0) is 77.2 Å². The standard InChI is InChI=1S/C20H52O10Si7.C14H40O8Si7/c1-19(2)25-35(13)21-15-33(9,10)29-37(30-34(11,12)16-22-35)23-17-31(5,6)27-36(14,26-20(3)4)28-32(7,8)18-24-37;1-23-15-11-27(7,8)21-29(22-28(9,10)12-16-23)17-13-25(3,4)19-24(2)20-26(5,6)14-18-29/h19-20H,15-18H2,1-14H3;23-24H,11-14H2,1-10H3. The van der Waals surface area contributed by atoms with Crippen molar-refractivity contribution in [3.63, 3.8) is 0 Å². The molecule has 4 fully saturated rings. The first kappa shape index (κ1) is 62.6. The van der Waals surface area contributed by atoms with Crippen LogP contribution in [0.2, 0.25) is 131 Å². The molecule has 0 radical (unpaired) electrons. The van der Waals surface area contributed by atoms with Gasteiger partial charge in [-0.3, -0.25) is 0 Å². The third kappa shape index (κ3) is 22.4. The Morgan fingerprint density at radius 1 is 0.318 bits per heavy atom. The van der Waals surface area contributed by atoms with Crippen molar-refractivity contribution in [1.29, 1.82) is 0 Å². The zero-order valence-corrected chi connectivity index (χ0v) is 59.6. The molecule has 0 amide bonds. The van der Waals surface area contributed by atoms with E-state index in [1.54, 1.807) is 0 Å². The Bertz CT molecular complexity index is 1450. The molecule has 0 aliphatic carbocycles. The molecule has 0 saturated carbocycles. The van der Waals surface area contributed by atoms with Crippen molar-refractivity contribution < 1.29 is 77.2 Å². The van der Waals surface area contributed by atoms with Crippen LogP contribution in [0.3, 0.4) is 0 Å². The minimum Gasteiger partial charge on any atom is -0.437 e. The average Bonchev–Trinajstić information content (AvgIpc) is 3.09. The van der Waals surface area contributed by atoms with Crippen molar-refractivity contribution >= 4 is 121 Å². The van der Waals surface area contributed by atoms with Crippen LogP contribution in [0.15, 0.2) is 0 Å². The molecule has 0 N–H and O–H groups in total. The van der Waals surface area contributed by atoms with Crippen LogP contribution < -0.4 is 0 Å². The Hall–Kier alpha value is 2.32. The Balaban J connectivity index is 0.000000361. The molecule has 4 heterocycles. The monoisotopic (exact) mass is 1180 g/mol. The molecule has 18 nitrogen and oxygen atoms in total. The molecule has 0 atom stereocenters. The molecule has 66 heavy (non-hydrogen) atoms. The van der Waals surface area contributed by atoms with Crippen LogP contribution >= 0.6 is 0 Å². The largest absolute Gasteiger partial charge is 0.658 e. The summed E-state index contributed by atoms with van der Waals surface area (Å²) in [5.74, 6) is 0. The van der Waals surface area contributed by atoms with Crippen molar-refractivity contribution in [2.75, 3.05) is 49.8 Å². The topological polar surface area (TPSA) is 166 Å². The van der Waals surface area contributed by atoms with Gasteiger partial charge in [-0.2, -0.15) is 0 Å². The summed E-state index contributed by atoms with van der Waals surface area (Å²) in [5, 5.41) is 0. The third-order valence-corrected chi connectivity index (χ3v) is 53.0. The summed E-state index contributed by atoms with van der Waals surface area (Å²) in [7, 11) is -34.9. The van der Waals surface area contributed by atoms with E-state index in [2.05, 4.69) is 118 Å². The summed E-state index contributed by atoms with van der Waals surface area (Å²) < 4.78 is 117. The van der Waals surface area contributed by atoms with Gasteiger partial charge in [-0.15, -0.1) is 0 Å². The van der Waals surface area contributed by atoms with E-state index >= 15 is 0 Å². The van der Waals surface area contributed by atoms with E-state index in [4.69, 9.17) is 77.2 Å². The summed E-state index contributed by atoms with van der Waals surface area (Å²) in [6, 6.07) is 0. The van der Waals surface area contributed by atoms with Crippen LogP contribution in [0.25, 0.3) is 0 Å². The Morgan fingerprint density at radius 2 is 0.576 bits per heavy atom. The van der Waals surface area contributed by atoms with Gasteiger partial charge >= 0.3 is 45.0 Å². The fraction of sp³-hybridized carbons (Fsp3) is 1.00. The van der Waals surface area contributed by atoms with Gasteiger partial charge in [0.1, 0.15) is 0 Å². The number of rotatable bonds is 4.